The van der Waals surface area contributed by atoms with Crippen LogP contribution in [0.3, 0.4) is 0 Å². The molecule has 2 nitrogen and oxygen atoms in total. The minimum atomic E-state index is 1.03. The lowest BCUT2D eigenvalue weighted by molar-refractivity contribution is 0.352. The molecule has 8 heteroatoms. The van der Waals surface area contributed by atoms with E-state index in [-0.39, 0.29) is 0 Å². The predicted molar refractivity (Wildman–Crippen MR) is 106 cm³/mol. The SMILES string of the molecule is S=C(SSSSC(=S)N1CCCCC1)N1CCCCC1. The Hall–Kier alpha value is 1.18. The molecule has 0 aromatic heterocycles. The summed E-state index contributed by atoms with van der Waals surface area (Å²) in [5.41, 5.74) is 0. The second kappa shape index (κ2) is 10.0. The monoisotopic (exact) mass is 384 g/mol. The van der Waals surface area contributed by atoms with Gasteiger partial charge in [-0.3, -0.25) is 0 Å². The van der Waals surface area contributed by atoms with Gasteiger partial charge in [0.05, 0.1) is 0 Å². The van der Waals surface area contributed by atoms with Crippen molar-refractivity contribution in [2.24, 2.45) is 0 Å². The number of piperidine rings is 2. The summed E-state index contributed by atoms with van der Waals surface area (Å²) in [6, 6.07) is 0. The lowest BCUT2D eigenvalue weighted by Crippen LogP contribution is -2.32. The van der Waals surface area contributed by atoms with Gasteiger partial charge >= 0.3 is 0 Å². The lowest BCUT2D eigenvalue weighted by Gasteiger charge is -2.28. The van der Waals surface area contributed by atoms with Crippen molar-refractivity contribution in [3.05, 3.63) is 0 Å². The Morgan fingerprint density at radius 1 is 0.600 bits per heavy atom. The molecule has 0 saturated carbocycles. The maximum Gasteiger partial charge on any atom is 0.147 e. The highest BCUT2D eigenvalue weighted by Gasteiger charge is 2.16. The zero-order chi connectivity index (χ0) is 14.2. The highest BCUT2D eigenvalue weighted by atomic mass is 33.7. The molecule has 0 N–H and O–H groups in total. The maximum absolute atomic E-state index is 5.48. The van der Waals surface area contributed by atoms with E-state index in [1.807, 2.05) is 0 Å². The fourth-order valence-electron chi connectivity index (χ4n) is 2.34. The van der Waals surface area contributed by atoms with Crippen molar-refractivity contribution >= 4 is 74.3 Å². The van der Waals surface area contributed by atoms with Crippen LogP contribution in [0.25, 0.3) is 0 Å². The maximum atomic E-state index is 5.48. The van der Waals surface area contributed by atoms with Gasteiger partial charge in [-0.25, -0.2) is 0 Å². The molecule has 114 valence electrons. The van der Waals surface area contributed by atoms with Crippen LogP contribution < -0.4 is 0 Å². The first kappa shape index (κ1) is 17.5. The summed E-state index contributed by atoms with van der Waals surface area (Å²) in [6.45, 7) is 4.54. The van der Waals surface area contributed by atoms with Crippen LogP contribution in [-0.2, 0) is 0 Å². The molecule has 0 atom stereocenters. The topological polar surface area (TPSA) is 6.48 Å². The molecule has 2 aliphatic rings. The normalized spacial score (nSPS) is 20.0. The van der Waals surface area contributed by atoms with Crippen molar-refractivity contribution in [1.82, 2.24) is 9.80 Å². The van der Waals surface area contributed by atoms with Gasteiger partial charge in [-0.1, -0.05) is 24.4 Å². The zero-order valence-corrected chi connectivity index (χ0v) is 16.3. The van der Waals surface area contributed by atoms with E-state index in [4.69, 9.17) is 24.4 Å². The summed E-state index contributed by atoms with van der Waals surface area (Å²) in [4.78, 5) is 4.68. The quantitative estimate of drug-likeness (QED) is 0.367. The minimum absolute atomic E-state index is 1.03. The molecule has 0 aromatic rings. The van der Waals surface area contributed by atoms with Crippen molar-refractivity contribution < 1.29 is 0 Å². The van der Waals surface area contributed by atoms with Gasteiger partial charge in [-0.2, -0.15) is 0 Å². The molecular formula is C12H20N2S6. The molecule has 2 rings (SSSR count). The average Bonchev–Trinajstić information content (AvgIpc) is 2.53. The third-order valence-electron chi connectivity index (χ3n) is 3.47. The summed E-state index contributed by atoms with van der Waals surface area (Å²) >= 11 is 11.0. The summed E-state index contributed by atoms with van der Waals surface area (Å²) in [5, 5.41) is 0. The molecule has 20 heavy (non-hydrogen) atoms. The second-order valence-corrected chi connectivity index (χ2v) is 11.9. The molecule has 0 amide bonds. The highest BCUT2D eigenvalue weighted by Crippen LogP contribution is 2.45. The van der Waals surface area contributed by atoms with Gasteiger partial charge in [0.2, 0.25) is 0 Å². The number of hydrogen-bond donors (Lipinski definition) is 0. The Balaban J connectivity index is 1.56. The summed E-state index contributed by atoms with van der Waals surface area (Å²) in [6.07, 6.45) is 7.84. The first-order chi connectivity index (χ1) is 9.77. The molecule has 2 saturated heterocycles. The molecule has 0 unspecified atom stereocenters. The summed E-state index contributed by atoms with van der Waals surface area (Å²) < 4.78 is 2.07. The standard InChI is InChI=1S/C12H20N2S6/c15-11(13-7-3-1-4-8-13)17-19-20-18-12(16)14-9-5-2-6-10-14/h1-10H2. The molecule has 2 aliphatic heterocycles. The van der Waals surface area contributed by atoms with E-state index in [9.17, 15) is 0 Å². The smallest absolute Gasteiger partial charge is 0.147 e. The summed E-state index contributed by atoms with van der Waals surface area (Å²) in [7, 11) is 6.91. The van der Waals surface area contributed by atoms with Gasteiger partial charge in [-0.15, -0.1) is 0 Å². The largest absolute Gasteiger partial charge is 0.357 e. The van der Waals surface area contributed by atoms with Crippen molar-refractivity contribution in [3.8, 4) is 0 Å². The average molecular weight is 385 g/mol. The van der Waals surface area contributed by atoms with Crippen molar-refractivity contribution in [2.45, 2.75) is 38.5 Å². The van der Waals surface area contributed by atoms with E-state index < -0.39 is 0 Å². The van der Waals surface area contributed by atoms with Crippen LogP contribution in [0.1, 0.15) is 38.5 Å². The number of thiocarbonyl (C=S) groups is 2. The fourth-order valence-corrected chi connectivity index (χ4v) is 9.15. The van der Waals surface area contributed by atoms with Crippen LogP contribution in [0, 0.1) is 0 Å². The third-order valence-corrected chi connectivity index (χ3v) is 10.9. The van der Waals surface area contributed by atoms with Crippen LogP contribution in [0.2, 0.25) is 0 Å². The van der Waals surface area contributed by atoms with Gasteiger partial charge in [0.15, 0.2) is 0 Å². The van der Waals surface area contributed by atoms with Gasteiger partial charge in [-0.05, 0) is 79.8 Å². The highest BCUT2D eigenvalue weighted by molar-refractivity contribution is 9.29. The summed E-state index contributed by atoms with van der Waals surface area (Å²) in [5.74, 6) is 0. The first-order valence-corrected chi connectivity index (χ1v) is 12.7. The minimum Gasteiger partial charge on any atom is -0.357 e. The van der Waals surface area contributed by atoms with E-state index >= 15 is 0 Å². The van der Waals surface area contributed by atoms with Gasteiger partial charge in [0, 0.05) is 26.2 Å². The molecule has 0 spiro atoms. The van der Waals surface area contributed by atoms with Crippen LogP contribution >= 0.6 is 65.7 Å². The van der Waals surface area contributed by atoms with E-state index in [1.54, 1.807) is 41.2 Å². The van der Waals surface area contributed by atoms with Gasteiger partial charge in [0.25, 0.3) is 0 Å². The Labute approximate surface area is 148 Å². The van der Waals surface area contributed by atoms with Crippen LogP contribution in [0.5, 0.6) is 0 Å². The fraction of sp³-hybridized carbons (Fsp3) is 0.833. The van der Waals surface area contributed by atoms with E-state index in [2.05, 4.69) is 9.80 Å². The van der Waals surface area contributed by atoms with Crippen LogP contribution in [0.15, 0.2) is 0 Å². The van der Waals surface area contributed by atoms with Crippen molar-refractivity contribution in [1.29, 1.82) is 0 Å². The lowest BCUT2D eigenvalue weighted by atomic mass is 10.1. The van der Waals surface area contributed by atoms with Gasteiger partial charge < -0.3 is 9.80 Å². The molecule has 0 bridgehead atoms. The van der Waals surface area contributed by atoms with Crippen LogP contribution in [0.4, 0.5) is 0 Å². The Bertz CT molecular complexity index is 294. The molecule has 2 fully saturated rings. The van der Waals surface area contributed by atoms with Gasteiger partial charge in [0.1, 0.15) is 8.64 Å². The number of rotatable bonds is 3. The number of likely N-dealkylation sites (tertiary alicyclic amines) is 2. The molecule has 0 radical (unpaired) electrons. The first-order valence-electron chi connectivity index (χ1n) is 7.03. The van der Waals surface area contributed by atoms with E-state index in [0.717, 1.165) is 34.8 Å². The third kappa shape index (κ3) is 6.12. The molecule has 2 heterocycles. The molecular weight excluding hydrogens is 365 g/mol. The Morgan fingerprint density at radius 2 is 0.950 bits per heavy atom. The van der Waals surface area contributed by atoms with E-state index in [1.165, 1.54) is 38.5 Å². The number of hydrogen-bond acceptors (Lipinski definition) is 6. The number of nitrogens with zero attached hydrogens (tertiary/aromatic N) is 2. The predicted octanol–water partition coefficient (Wildman–Crippen LogP) is 5.21. The Morgan fingerprint density at radius 3 is 1.30 bits per heavy atom. The van der Waals surface area contributed by atoms with Crippen LogP contribution in [-0.4, -0.2) is 44.6 Å². The molecule has 0 aliphatic carbocycles. The van der Waals surface area contributed by atoms with Crippen molar-refractivity contribution in [3.63, 3.8) is 0 Å². The van der Waals surface area contributed by atoms with Crippen molar-refractivity contribution in [2.75, 3.05) is 26.2 Å². The Kier molecular flexibility index (Phi) is 8.81. The zero-order valence-electron chi connectivity index (χ0n) is 11.4. The second-order valence-electron chi connectivity index (χ2n) is 4.93. The molecule has 0 aromatic carbocycles. The van der Waals surface area contributed by atoms with E-state index in [0.29, 0.717) is 0 Å².